The number of hydrogen-bond donors (Lipinski definition) is 1. The lowest BCUT2D eigenvalue weighted by molar-refractivity contribution is 0.299. The van der Waals surface area contributed by atoms with Crippen molar-refractivity contribution in [1.29, 1.82) is 0 Å². The van der Waals surface area contributed by atoms with E-state index in [1.807, 2.05) is 35.9 Å². The predicted molar refractivity (Wildman–Crippen MR) is 77.5 cm³/mol. The summed E-state index contributed by atoms with van der Waals surface area (Å²) in [7, 11) is 0. The van der Waals surface area contributed by atoms with E-state index in [1.54, 1.807) is 19.4 Å². The molecule has 5 heteroatoms. The van der Waals surface area contributed by atoms with Crippen molar-refractivity contribution in [3.05, 3.63) is 48.0 Å². The summed E-state index contributed by atoms with van der Waals surface area (Å²) >= 11 is 0. The Kier molecular flexibility index (Phi) is 4.76. The van der Waals surface area contributed by atoms with Crippen LogP contribution >= 0.6 is 0 Å². The first-order chi connectivity index (χ1) is 9.70. The number of benzene rings is 1. The summed E-state index contributed by atoms with van der Waals surface area (Å²) in [6.07, 6.45) is 6.37. The van der Waals surface area contributed by atoms with Gasteiger partial charge in [0.05, 0.1) is 18.6 Å². The molecule has 1 heterocycles. The summed E-state index contributed by atoms with van der Waals surface area (Å²) in [5.41, 5.74) is 2.49. The predicted octanol–water partition coefficient (Wildman–Crippen LogP) is 2.86. The molecule has 0 bridgehead atoms. The molecule has 1 N–H and O–H groups in total. The lowest BCUT2D eigenvalue weighted by atomic mass is 10.1. The second-order valence-corrected chi connectivity index (χ2v) is 4.69. The van der Waals surface area contributed by atoms with Crippen LogP contribution in [0.2, 0.25) is 0 Å². The normalized spacial score (nSPS) is 11.6. The first-order valence-electron chi connectivity index (χ1n) is 6.59. The molecule has 0 amide bonds. The van der Waals surface area contributed by atoms with Gasteiger partial charge in [-0.15, -0.1) is 0 Å². The summed E-state index contributed by atoms with van der Waals surface area (Å²) in [6.45, 7) is 5.23. The third-order valence-electron chi connectivity index (χ3n) is 3.05. The van der Waals surface area contributed by atoms with E-state index in [0.29, 0.717) is 12.3 Å². The Balaban J connectivity index is 1.95. The zero-order valence-electron chi connectivity index (χ0n) is 11.8. The van der Waals surface area contributed by atoms with E-state index in [2.05, 4.69) is 10.1 Å². The quantitative estimate of drug-likeness (QED) is 0.381. The minimum absolute atomic E-state index is 0.554. The van der Waals surface area contributed by atoms with Crippen LogP contribution in [0, 0.1) is 6.92 Å². The fourth-order valence-corrected chi connectivity index (χ4v) is 1.95. The molecule has 0 radical (unpaired) electrons. The van der Waals surface area contributed by atoms with Crippen molar-refractivity contribution in [2.75, 3.05) is 6.61 Å². The zero-order valence-corrected chi connectivity index (χ0v) is 11.8. The molecule has 0 saturated heterocycles. The van der Waals surface area contributed by atoms with Gasteiger partial charge in [0.15, 0.2) is 0 Å². The van der Waals surface area contributed by atoms with Gasteiger partial charge in [-0.05, 0) is 32.4 Å². The molecule has 0 saturated carbocycles. The van der Waals surface area contributed by atoms with Crippen LogP contribution in [-0.2, 0) is 6.54 Å². The third kappa shape index (κ3) is 3.60. The fraction of sp³-hybridized carbons (Fsp3) is 0.333. The van der Waals surface area contributed by atoms with Crippen LogP contribution in [0.4, 0.5) is 0 Å². The van der Waals surface area contributed by atoms with Crippen molar-refractivity contribution < 1.29 is 9.94 Å². The van der Waals surface area contributed by atoms with Gasteiger partial charge >= 0.3 is 0 Å². The van der Waals surface area contributed by atoms with Gasteiger partial charge in [-0.3, -0.25) is 0 Å². The monoisotopic (exact) mass is 273 g/mol. The minimum Gasteiger partial charge on any atom is -0.493 e. The van der Waals surface area contributed by atoms with E-state index in [-0.39, 0.29) is 0 Å². The lowest BCUT2D eigenvalue weighted by Gasteiger charge is -2.11. The number of imidazole rings is 1. The molecule has 5 nitrogen and oxygen atoms in total. The highest BCUT2D eigenvalue weighted by atomic mass is 16.5. The highest BCUT2D eigenvalue weighted by Gasteiger charge is 2.07. The highest BCUT2D eigenvalue weighted by molar-refractivity contribution is 6.00. The molecule has 2 aromatic rings. The molecule has 2 rings (SSSR count). The summed E-state index contributed by atoms with van der Waals surface area (Å²) in [5, 5.41) is 12.2. The average Bonchev–Trinajstić information content (AvgIpc) is 2.97. The molecule has 0 aliphatic carbocycles. The Morgan fingerprint density at radius 3 is 3.00 bits per heavy atom. The first-order valence-corrected chi connectivity index (χ1v) is 6.59. The maximum Gasteiger partial charge on any atom is 0.128 e. The number of nitrogens with zero attached hydrogens (tertiary/aromatic N) is 3. The maximum absolute atomic E-state index is 8.92. The maximum atomic E-state index is 8.92. The van der Waals surface area contributed by atoms with Crippen LogP contribution in [0.15, 0.2) is 42.1 Å². The van der Waals surface area contributed by atoms with Crippen LogP contribution in [0.3, 0.4) is 0 Å². The van der Waals surface area contributed by atoms with Crippen molar-refractivity contribution in [2.24, 2.45) is 5.16 Å². The van der Waals surface area contributed by atoms with Gasteiger partial charge in [-0.2, -0.15) is 0 Å². The number of rotatable bonds is 6. The topological polar surface area (TPSA) is 59.6 Å². The smallest absolute Gasteiger partial charge is 0.128 e. The van der Waals surface area contributed by atoms with Gasteiger partial charge in [0, 0.05) is 24.5 Å². The molecule has 106 valence electrons. The van der Waals surface area contributed by atoms with E-state index in [1.165, 1.54) is 0 Å². The standard InChI is InChI=1S/C15H19N3O2/c1-12-4-5-15(14(10-12)13(2)17-19)20-9-3-7-18-8-6-16-11-18/h4-6,8,10-11,19H,3,7,9H2,1-2H3. The Morgan fingerprint density at radius 1 is 1.45 bits per heavy atom. The Bertz CT molecular complexity index is 577. The molecule has 0 aliphatic heterocycles. The number of oxime groups is 1. The lowest BCUT2D eigenvalue weighted by Crippen LogP contribution is -2.06. The van der Waals surface area contributed by atoms with Crippen LogP contribution in [-0.4, -0.2) is 27.1 Å². The van der Waals surface area contributed by atoms with Crippen LogP contribution in [0.25, 0.3) is 0 Å². The van der Waals surface area contributed by atoms with Gasteiger partial charge in [-0.1, -0.05) is 16.8 Å². The van der Waals surface area contributed by atoms with E-state index in [4.69, 9.17) is 9.94 Å². The number of aromatic nitrogens is 2. The molecule has 0 fully saturated rings. The molecule has 0 aliphatic rings. The van der Waals surface area contributed by atoms with E-state index in [9.17, 15) is 0 Å². The first kappa shape index (κ1) is 14.1. The third-order valence-corrected chi connectivity index (χ3v) is 3.05. The van der Waals surface area contributed by atoms with Gasteiger partial charge in [-0.25, -0.2) is 4.98 Å². The number of hydrogen-bond acceptors (Lipinski definition) is 4. The Hall–Kier alpha value is -2.30. The second-order valence-electron chi connectivity index (χ2n) is 4.69. The largest absolute Gasteiger partial charge is 0.493 e. The Morgan fingerprint density at radius 2 is 2.30 bits per heavy atom. The van der Waals surface area contributed by atoms with Crippen molar-refractivity contribution in [3.63, 3.8) is 0 Å². The van der Waals surface area contributed by atoms with E-state index in [0.717, 1.165) is 29.8 Å². The molecule has 1 aromatic carbocycles. The van der Waals surface area contributed by atoms with Crippen LogP contribution in [0.1, 0.15) is 24.5 Å². The van der Waals surface area contributed by atoms with Gasteiger partial charge < -0.3 is 14.5 Å². The second kappa shape index (κ2) is 6.75. The SMILES string of the molecule is CC(=NO)c1cc(C)ccc1OCCCn1ccnc1. The van der Waals surface area contributed by atoms with Crippen molar-refractivity contribution in [1.82, 2.24) is 9.55 Å². The summed E-state index contributed by atoms with van der Waals surface area (Å²) < 4.78 is 7.80. The van der Waals surface area contributed by atoms with Crippen molar-refractivity contribution in [2.45, 2.75) is 26.8 Å². The molecule has 0 atom stereocenters. The van der Waals surface area contributed by atoms with Gasteiger partial charge in [0.25, 0.3) is 0 Å². The Labute approximate surface area is 118 Å². The fourth-order valence-electron chi connectivity index (χ4n) is 1.95. The highest BCUT2D eigenvalue weighted by Crippen LogP contribution is 2.21. The van der Waals surface area contributed by atoms with Crippen molar-refractivity contribution >= 4 is 5.71 Å². The summed E-state index contributed by atoms with van der Waals surface area (Å²) in [6, 6.07) is 5.86. The zero-order chi connectivity index (χ0) is 14.4. The molecule has 20 heavy (non-hydrogen) atoms. The molecular weight excluding hydrogens is 254 g/mol. The summed E-state index contributed by atoms with van der Waals surface area (Å²) in [4.78, 5) is 4.00. The van der Waals surface area contributed by atoms with Gasteiger partial charge in [0.2, 0.25) is 0 Å². The molecule has 1 aromatic heterocycles. The van der Waals surface area contributed by atoms with E-state index < -0.39 is 0 Å². The van der Waals surface area contributed by atoms with Crippen molar-refractivity contribution in [3.8, 4) is 5.75 Å². The molecule has 0 unspecified atom stereocenters. The van der Waals surface area contributed by atoms with Crippen LogP contribution < -0.4 is 4.74 Å². The minimum atomic E-state index is 0.554. The number of aryl methyl sites for hydroxylation is 2. The van der Waals surface area contributed by atoms with Crippen LogP contribution in [0.5, 0.6) is 5.75 Å². The van der Waals surface area contributed by atoms with E-state index >= 15 is 0 Å². The summed E-state index contributed by atoms with van der Waals surface area (Å²) in [5.74, 6) is 0.747. The molecular formula is C15H19N3O2. The average molecular weight is 273 g/mol. The number of ether oxygens (including phenoxy) is 1. The molecule has 0 spiro atoms. The van der Waals surface area contributed by atoms with Gasteiger partial charge in [0.1, 0.15) is 5.75 Å².